The second-order valence-electron chi connectivity index (χ2n) is 3.94. The van der Waals surface area contributed by atoms with Crippen LogP contribution in [0.3, 0.4) is 0 Å². The molecule has 0 atom stereocenters. The third kappa shape index (κ3) is 1.89. The van der Waals surface area contributed by atoms with Crippen molar-refractivity contribution < 1.29 is 4.79 Å². The molecule has 0 spiro atoms. The molecule has 0 saturated heterocycles. The fourth-order valence-corrected chi connectivity index (χ4v) is 1.79. The Balaban J connectivity index is 2.52. The summed E-state index contributed by atoms with van der Waals surface area (Å²) in [6.45, 7) is 3.55. The summed E-state index contributed by atoms with van der Waals surface area (Å²) in [5.74, 6) is 0.0865. The lowest BCUT2D eigenvalue weighted by molar-refractivity contribution is 0.101. The monoisotopic (exact) mass is 214 g/mol. The average Bonchev–Trinajstić information content (AvgIpc) is 2.58. The molecule has 0 amide bonds. The summed E-state index contributed by atoms with van der Waals surface area (Å²) >= 11 is 0. The molecule has 1 aromatic heterocycles. The maximum absolute atomic E-state index is 11.3. The van der Waals surface area contributed by atoms with Crippen molar-refractivity contribution in [1.29, 1.82) is 0 Å². The maximum Gasteiger partial charge on any atom is 0.159 e. The highest BCUT2D eigenvalue weighted by molar-refractivity contribution is 5.95. The lowest BCUT2D eigenvalue weighted by Crippen LogP contribution is -1.91. The summed E-state index contributed by atoms with van der Waals surface area (Å²) in [6, 6.07) is 7.64. The van der Waals surface area contributed by atoms with Gasteiger partial charge in [-0.25, -0.2) is 0 Å². The number of aromatic nitrogens is 2. The van der Waals surface area contributed by atoms with Crippen LogP contribution in [-0.2, 0) is 7.05 Å². The van der Waals surface area contributed by atoms with E-state index in [-0.39, 0.29) is 5.78 Å². The number of carbonyl (C=O) groups is 1. The summed E-state index contributed by atoms with van der Waals surface area (Å²) in [4.78, 5) is 11.3. The van der Waals surface area contributed by atoms with Gasteiger partial charge in [0, 0.05) is 24.4 Å². The predicted molar refractivity (Wildman–Crippen MR) is 63.4 cm³/mol. The molecule has 0 aliphatic carbocycles. The van der Waals surface area contributed by atoms with Gasteiger partial charge in [0.05, 0.1) is 5.69 Å². The van der Waals surface area contributed by atoms with Gasteiger partial charge in [-0.05, 0) is 25.5 Å². The fourth-order valence-electron chi connectivity index (χ4n) is 1.79. The molecule has 0 N–H and O–H groups in total. The van der Waals surface area contributed by atoms with Crippen molar-refractivity contribution in [2.75, 3.05) is 0 Å². The molecule has 1 heterocycles. The number of nitrogens with zero attached hydrogens (tertiary/aromatic N) is 2. The van der Waals surface area contributed by atoms with Crippen molar-refractivity contribution in [2.24, 2.45) is 7.05 Å². The third-order valence-corrected chi connectivity index (χ3v) is 2.59. The zero-order valence-corrected chi connectivity index (χ0v) is 9.69. The van der Waals surface area contributed by atoms with Crippen LogP contribution in [0.5, 0.6) is 0 Å². The first-order valence-corrected chi connectivity index (χ1v) is 5.19. The van der Waals surface area contributed by atoms with E-state index in [1.807, 2.05) is 44.4 Å². The molecule has 3 heteroatoms. The SMILES string of the molecule is CC(=O)c1cccc(-c2cn(C)nc2C)c1. The van der Waals surface area contributed by atoms with Crippen LogP contribution in [0, 0.1) is 6.92 Å². The lowest BCUT2D eigenvalue weighted by atomic mass is 10.0. The zero-order valence-electron chi connectivity index (χ0n) is 9.69. The van der Waals surface area contributed by atoms with Crippen LogP contribution >= 0.6 is 0 Å². The number of hydrogen-bond acceptors (Lipinski definition) is 2. The molecule has 1 aromatic carbocycles. The molecule has 0 aliphatic heterocycles. The third-order valence-electron chi connectivity index (χ3n) is 2.59. The largest absolute Gasteiger partial charge is 0.295 e. The van der Waals surface area contributed by atoms with E-state index in [1.165, 1.54) is 0 Å². The van der Waals surface area contributed by atoms with Crippen molar-refractivity contribution >= 4 is 5.78 Å². The normalized spacial score (nSPS) is 10.4. The molecule has 0 fully saturated rings. The molecule has 82 valence electrons. The Morgan fingerprint density at radius 1 is 1.38 bits per heavy atom. The number of rotatable bonds is 2. The van der Waals surface area contributed by atoms with Crippen molar-refractivity contribution in [3.63, 3.8) is 0 Å². The van der Waals surface area contributed by atoms with E-state index in [0.717, 1.165) is 22.4 Å². The standard InChI is InChI=1S/C13H14N2O/c1-9-13(8-15(3)14-9)12-6-4-5-11(7-12)10(2)16/h4-8H,1-3H3. The van der Waals surface area contributed by atoms with Gasteiger partial charge in [-0.2, -0.15) is 5.10 Å². The van der Waals surface area contributed by atoms with Crippen LogP contribution in [0.25, 0.3) is 11.1 Å². The van der Waals surface area contributed by atoms with Gasteiger partial charge in [-0.1, -0.05) is 18.2 Å². The summed E-state index contributed by atoms with van der Waals surface area (Å²) in [5.41, 5.74) is 3.83. The van der Waals surface area contributed by atoms with Gasteiger partial charge in [-0.3, -0.25) is 9.48 Å². The first-order valence-electron chi connectivity index (χ1n) is 5.19. The van der Waals surface area contributed by atoms with Crippen molar-refractivity contribution in [1.82, 2.24) is 9.78 Å². The second-order valence-corrected chi connectivity index (χ2v) is 3.94. The van der Waals surface area contributed by atoms with E-state index >= 15 is 0 Å². The van der Waals surface area contributed by atoms with Gasteiger partial charge in [-0.15, -0.1) is 0 Å². The Morgan fingerprint density at radius 3 is 2.69 bits per heavy atom. The number of aryl methyl sites for hydroxylation is 2. The van der Waals surface area contributed by atoms with E-state index in [2.05, 4.69) is 5.10 Å². The van der Waals surface area contributed by atoms with Gasteiger partial charge in [0.2, 0.25) is 0 Å². The lowest BCUT2D eigenvalue weighted by Gasteiger charge is -2.01. The average molecular weight is 214 g/mol. The van der Waals surface area contributed by atoms with Gasteiger partial charge in [0.15, 0.2) is 5.78 Å². The Kier molecular flexibility index (Phi) is 2.60. The number of hydrogen-bond donors (Lipinski definition) is 0. The summed E-state index contributed by atoms with van der Waals surface area (Å²) in [6.07, 6.45) is 1.97. The number of Topliss-reactive ketones (excluding diaryl/α,β-unsaturated/α-hetero) is 1. The Hall–Kier alpha value is -1.90. The molecule has 3 nitrogen and oxygen atoms in total. The molecule has 0 aliphatic rings. The fraction of sp³-hybridized carbons (Fsp3) is 0.231. The summed E-state index contributed by atoms with van der Waals surface area (Å²) in [5, 5.41) is 4.29. The number of benzene rings is 1. The van der Waals surface area contributed by atoms with Gasteiger partial charge >= 0.3 is 0 Å². The van der Waals surface area contributed by atoms with Crippen LogP contribution in [0.2, 0.25) is 0 Å². The molecule has 0 bridgehead atoms. The van der Waals surface area contributed by atoms with Crippen LogP contribution in [0.4, 0.5) is 0 Å². The van der Waals surface area contributed by atoms with E-state index in [9.17, 15) is 4.79 Å². The van der Waals surface area contributed by atoms with Crippen LogP contribution in [-0.4, -0.2) is 15.6 Å². The molecule has 0 radical (unpaired) electrons. The molecular formula is C13H14N2O. The highest BCUT2D eigenvalue weighted by atomic mass is 16.1. The summed E-state index contributed by atoms with van der Waals surface area (Å²) in [7, 11) is 1.89. The zero-order chi connectivity index (χ0) is 11.7. The highest BCUT2D eigenvalue weighted by Crippen LogP contribution is 2.23. The molecule has 2 rings (SSSR count). The Labute approximate surface area is 94.7 Å². The molecular weight excluding hydrogens is 200 g/mol. The van der Waals surface area contributed by atoms with E-state index in [0.29, 0.717) is 0 Å². The van der Waals surface area contributed by atoms with Crippen LogP contribution < -0.4 is 0 Å². The van der Waals surface area contributed by atoms with Crippen LogP contribution in [0.1, 0.15) is 23.0 Å². The van der Waals surface area contributed by atoms with E-state index < -0.39 is 0 Å². The number of ketones is 1. The molecule has 2 aromatic rings. The van der Waals surface area contributed by atoms with Crippen molar-refractivity contribution in [3.8, 4) is 11.1 Å². The predicted octanol–water partition coefficient (Wildman–Crippen LogP) is 2.60. The van der Waals surface area contributed by atoms with E-state index in [4.69, 9.17) is 0 Å². The first-order chi connectivity index (χ1) is 7.58. The summed E-state index contributed by atoms with van der Waals surface area (Å²) < 4.78 is 1.78. The Morgan fingerprint density at radius 2 is 2.12 bits per heavy atom. The first kappa shape index (κ1) is 10.6. The minimum absolute atomic E-state index is 0.0865. The molecule has 0 unspecified atom stereocenters. The highest BCUT2D eigenvalue weighted by Gasteiger charge is 2.07. The molecule has 16 heavy (non-hydrogen) atoms. The van der Waals surface area contributed by atoms with Crippen molar-refractivity contribution in [3.05, 3.63) is 41.7 Å². The second kappa shape index (κ2) is 3.93. The maximum atomic E-state index is 11.3. The van der Waals surface area contributed by atoms with E-state index in [1.54, 1.807) is 11.6 Å². The van der Waals surface area contributed by atoms with Gasteiger partial charge in [0.25, 0.3) is 0 Å². The van der Waals surface area contributed by atoms with Crippen LogP contribution in [0.15, 0.2) is 30.5 Å². The Bertz CT molecular complexity index is 541. The van der Waals surface area contributed by atoms with Gasteiger partial charge < -0.3 is 0 Å². The minimum atomic E-state index is 0.0865. The number of carbonyl (C=O) groups excluding carboxylic acids is 1. The smallest absolute Gasteiger partial charge is 0.159 e. The van der Waals surface area contributed by atoms with Crippen molar-refractivity contribution in [2.45, 2.75) is 13.8 Å². The minimum Gasteiger partial charge on any atom is -0.295 e. The topological polar surface area (TPSA) is 34.9 Å². The van der Waals surface area contributed by atoms with Gasteiger partial charge in [0.1, 0.15) is 0 Å². The quantitative estimate of drug-likeness (QED) is 0.720. The molecule has 0 saturated carbocycles.